The quantitative estimate of drug-likeness (QED) is 0.562. The normalized spacial score (nSPS) is 21.5. The Kier molecular flexibility index (Phi) is 3.01. The van der Waals surface area contributed by atoms with Crippen molar-refractivity contribution in [2.45, 2.75) is 32.2 Å². The molecule has 0 saturated carbocycles. The molecule has 0 bridgehead atoms. The maximum absolute atomic E-state index is 5.31. The van der Waals surface area contributed by atoms with E-state index in [0.29, 0.717) is 11.9 Å². The molecule has 1 aliphatic heterocycles. The van der Waals surface area contributed by atoms with E-state index in [4.69, 9.17) is 5.84 Å². The highest BCUT2D eigenvalue weighted by atomic mass is 15.3. The summed E-state index contributed by atoms with van der Waals surface area (Å²) in [6.45, 7) is 3.28. The smallest absolute Gasteiger partial charge is 0.160 e. The van der Waals surface area contributed by atoms with E-state index < -0.39 is 0 Å². The molecule has 1 fully saturated rings. The van der Waals surface area contributed by atoms with Gasteiger partial charge in [-0.15, -0.1) is 0 Å². The lowest BCUT2D eigenvalue weighted by Crippen LogP contribution is -2.38. The van der Waals surface area contributed by atoms with Crippen molar-refractivity contribution in [1.29, 1.82) is 0 Å². The summed E-state index contributed by atoms with van der Waals surface area (Å²) >= 11 is 0. The molecule has 82 valence electrons. The predicted octanol–water partition coefficient (Wildman–Crippen LogP) is 1.14. The van der Waals surface area contributed by atoms with E-state index in [9.17, 15) is 0 Å². The first-order valence-corrected chi connectivity index (χ1v) is 5.36. The summed E-state index contributed by atoms with van der Waals surface area (Å²) in [5, 5.41) is 0. The van der Waals surface area contributed by atoms with Gasteiger partial charge in [-0.1, -0.05) is 0 Å². The van der Waals surface area contributed by atoms with Crippen LogP contribution in [0.2, 0.25) is 0 Å². The number of nitrogen functional groups attached to an aromatic ring is 1. The first kappa shape index (κ1) is 10.2. The molecule has 0 spiro atoms. The molecule has 1 unspecified atom stereocenters. The molecule has 1 aromatic rings. The highest BCUT2D eigenvalue weighted by Crippen LogP contribution is 2.22. The molecular formula is C10H17N5. The van der Waals surface area contributed by atoms with Gasteiger partial charge in [-0.2, -0.15) is 0 Å². The number of rotatable bonds is 2. The Morgan fingerprint density at radius 2 is 2.33 bits per heavy atom. The zero-order valence-corrected chi connectivity index (χ0v) is 8.98. The predicted molar refractivity (Wildman–Crippen MR) is 60.5 cm³/mol. The van der Waals surface area contributed by atoms with Gasteiger partial charge in [0.15, 0.2) is 5.82 Å². The molecule has 1 saturated heterocycles. The van der Waals surface area contributed by atoms with Crippen molar-refractivity contribution >= 4 is 11.6 Å². The summed E-state index contributed by atoms with van der Waals surface area (Å²) in [4.78, 5) is 10.8. The molecule has 0 aliphatic carbocycles. The minimum atomic E-state index is 0.543. The minimum absolute atomic E-state index is 0.543. The number of anilines is 2. The number of nitrogens with two attached hydrogens (primary N) is 1. The topological polar surface area (TPSA) is 67.1 Å². The Morgan fingerprint density at radius 3 is 3.07 bits per heavy atom. The van der Waals surface area contributed by atoms with Crippen molar-refractivity contribution in [2.24, 2.45) is 5.84 Å². The Hall–Kier alpha value is -1.36. The van der Waals surface area contributed by atoms with Crippen LogP contribution in [0.15, 0.2) is 12.4 Å². The molecule has 2 heterocycles. The van der Waals surface area contributed by atoms with Crippen LogP contribution < -0.4 is 16.2 Å². The molecule has 15 heavy (non-hydrogen) atoms. The lowest BCUT2D eigenvalue weighted by Gasteiger charge is -2.34. The number of hydrogen-bond donors (Lipinski definition) is 2. The molecular weight excluding hydrogens is 190 g/mol. The van der Waals surface area contributed by atoms with Crippen LogP contribution >= 0.6 is 0 Å². The van der Waals surface area contributed by atoms with Crippen LogP contribution in [-0.2, 0) is 0 Å². The Labute approximate surface area is 89.7 Å². The van der Waals surface area contributed by atoms with E-state index in [1.165, 1.54) is 19.3 Å². The largest absolute Gasteiger partial charge is 0.353 e. The number of nitrogens with one attached hydrogen (secondary N) is 1. The van der Waals surface area contributed by atoms with Crippen LogP contribution in [0.5, 0.6) is 0 Å². The van der Waals surface area contributed by atoms with Crippen molar-refractivity contribution in [3.8, 4) is 0 Å². The lowest BCUT2D eigenvalue weighted by molar-refractivity contribution is 0.481. The second-order valence-electron chi connectivity index (χ2n) is 3.95. The van der Waals surface area contributed by atoms with E-state index in [2.05, 4.69) is 27.2 Å². The summed E-state index contributed by atoms with van der Waals surface area (Å²) in [6, 6.07) is 0.543. The number of aromatic nitrogens is 2. The molecule has 0 amide bonds. The van der Waals surface area contributed by atoms with E-state index in [1.807, 2.05) is 0 Å². The van der Waals surface area contributed by atoms with Gasteiger partial charge in [0.05, 0.1) is 12.4 Å². The Balaban J connectivity index is 2.19. The van der Waals surface area contributed by atoms with Gasteiger partial charge >= 0.3 is 0 Å². The van der Waals surface area contributed by atoms with Gasteiger partial charge in [0.1, 0.15) is 5.82 Å². The summed E-state index contributed by atoms with van der Waals surface area (Å²) in [5.74, 6) is 6.84. The van der Waals surface area contributed by atoms with E-state index >= 15 is 0 Å². The van der Waals surface area contributed by atoms with Crippen LogP contribution in [0.25, 0.3) is 0 Å². The second-order valence-corrected chi connectivity index (χ2v) is 3.95. The molecule has 1 atom stereocenters. The summed E-state index contributed by atoms with van der Waals surface area (Å²) in [7, 11) is 0. The third-order valence-electron chi connectivity index (χ3n) is 2.87. The average molecular weight is 207 g/mol. The summed E-state index contributed by atoms with van der Waals surface area (Å²) in [6.07, 6.45) is 7.18. The summed E-state index contributed by atoms with van der Waals surface area (Å²) < 4.78 is 0. The highest BCUT2D eigenvalue weighted by molar-refractivity contribution is 5.44. The lowest BCUT2D eigenvalue weighted by atomic mass is 10.0. The molecule has 5 heteroatoms. The van der Waals surface area contributed by atoms with Crippen molar-refractivity contribution in [2.75, 3.05) is 16.9 Å². The van der Waals surface area contributed by atoms with Crippen LogP contribution in [0.1, 0.15) is 26.2 Å². The molecule has 0 radical (unpaired) electrons. The van der Waals surface area contributed by atoms with Crippen LogP contribution in [-0.4, -0.2) is 22.6 Å². The number of nitrogens with zero attached hydrogens (tertiary/aromatic N) is 3. The first-order valence-electron chi connectivity index (χ1n) is 5.36. The van der Waals surface area contributed by atoms with Crippen molar-refractivity contribution in [3.05, 3.63) is 12.4 Å². The molecule has 0 aromatic carbocycles. The van der Waals surface area contributed by atoms with Gasteiger partial charge in [-0.05, 0) is 26.2 Å². The van der Waals surface area contributed by atoms with Gasteiger partial charge in [0.25, 0.3) is 0 Å². The molecule has 5 nitrogen and oxygen atoms in total. The van der Waals surface area contributed by atoms with Gasteiger partial charge in [-0.3, -0.25) is 4.98 Å². The fourth-order valence-electron chi connectivity index (χ4n) is 2.00. The highest BCUT2D eigenvalue weighted by Gasteiger charge is 2.19. The number of piperidine rings is 1. The van der Waals surface area contributed by atoms with E-state index in [1.54, 1.807) is 12.4 Å². The maximum atomic E-state index is 5.31. The zero-order valence-electron chi connectivity index (χ0n) is 8.98. The molecule has 3 N–H and O–H groups in total. The van der Waals surface area contributed by atoms with Crippen LogP contribution in [0.3, 0.4) is 0 Å². The monoisotopic (exact) mass is 207 g/mol. The number of hydrazine groups is 1. The zero-order chi connectivity index (χ0) is 10.7. The van der Waals surface area contributed by atoms with E-state index in [0.717, 1.165) is 12.4 Å². The van der Waals surface area contributed by atoms with Crippen LogP contribution in [0.4, 0.5) is 11.6 Å². The molecule has 1 aliphatic rings. The van der Waals surface area contributed by atoms with Gasteiger partial charge < -0.3 is 10.3 Å². The van der Waals surface area contributed by atoms with Gasteiger partial charge in [0.2, 0.25) is 0 Å². The SMILES string of the molecule is CC1CCCCN1c1cncc(NN)n1. The fourth-order valence-corrected chi connectivity index (χ4v) is 2.00. The Bertz CT molecular complexity index is 327. The Morgan fingerprint density at radius 1 is 1.47 bits per heavy atom. The standard InChI is InChI=1S/C10H17N5/c1-8-4-2-3-5-15(8)10-7-12-6-9(13-10)14-11/h6-8H,2-5,11H2,1H3,(H,13,14). The molecule has 2 rings (SSSR count). The third-order valence-corrected chi connectivity index (χ3v) is 2.87. The van der Waals surface area contributed by atoms with Crippen molar-refractivity contribution < 1.29 is 0 Å². The maximum Gasteiger partial charge on any atom is 0.160 e. The van der Waals surface area contributed by atoms with Crippen molar-refractivity contribution in [3.63, 3.8) is 0 Å². The first-order chi connectivity index (χ1) is 7.31. The minimum Gasteiger partial charge on any atom is -0.353 e. The second kappa shape index (κ2) is 4.44. The van der Waals surface area contributed by atoms with E-state index in [-0.39, 0.29) is 0 Å². The number of hydrogen-bond acceptors (Lipinski definition) is 5. The average Bonchev–Trinajstić information content (AvgIpc) is 2.30. The fraction of sp³-hybridized carbons (Fsp3) is 0.600. The van der Waals surface area contributed by atoms with Gasteiger partial charge in [0, 0.05) is 12.6 Å². The van der Waals surface area contributed by atoms with Gasteiger partial charge in [-0.25, -0.2) is 10.8 Å². The van der Waals surface area contributed by atoms with Crippen molar-refractivity contribution in [1.82, 2.24) is 9.97 Å². The summed E-state index contributed by atoms with van der Waals surface area (Å²) in [5.41, 5.74) is 2.52. The third kappa shape index (κ3) is 2.18. The molecule has 1 aromatic heterocycles. The van der Waals surface area contributed by atoms with Crippen LogP contribution in [0, 0.1) is 0 Å².